The molecular formula is C69H84BIN4O9. The fourth-order valence-electron chi connectivity index (χ4n) is 12.5. The van der Waals surface area contributed by atoms with Gasteiger partial charge in [0.05, 0.1) is 27.9 Å². The molecule has 6 fully saturated rings. The third-order valence-electron chi connectivity index (χ3n) is 18.2. The molecule has 3 saturated heterocycles. The van der Waals surface area contributed by atoms with Crippen LogP contribution in [0.2, 0.25) is 0 Å². The van der Waals surface area contributed by atoms with E-state index in [9.17, 15) is 24.3 Å². The molecule has 12 rings (SSSR count). The van der Waals surface area contributed by atoms with Crippen LogP contribution in [0.1, 0.15) is 175 Å². The second-order valence-electron chi connectivity index (χ2n) is 27.6. The fourth-order valence-corrected chi connectivity index (χ4v) is 13.0. The van der Waals surface area contributed by atoms with E-state index in [1.807, 2.05) is 125 Å². The Hall–Kier alpha value is -6.01. The van der Waals surface area contributed by atoms with Gasteiger partial charge < -0.3 is 33.0 Å². The van der Waals surface area contributed by atoms with Crippen molar-refractivity contribution in [1.82, 2.24) is 18.9 Å². The summed E-state index contributed by atoms with van der Waals surface area (Å²) in [6.07, 6.45) is 12.0. The maximum absolute atomic E-state index is 13.6. The van der Waals surface area contributed by atoms with Gasteiger partial charge in [-0.15, -0.1) is 0 Å². The van der Waals surface area contributed by atoms with E-state index in [2.05, 4.69) is 107 Å². The molecule has 0 spiro atoms. The first-order valence-electron chi connectivity index (χ1n) is 30.0. The summed E-state index contributed by atoms with van der Waals surface area (Å²) in [6.45, 7) is 23.6. The summed E-state index contributed by atoms with van der Waals surface area (Å²) in [4.78, 5) is 54.6. The summed E-state index contributed by atoms with van der Waals surface area (Å²) < 4.78 is 29.7. The molecule has 0 bridgehead atoms. The summed E-state index contributed by atoms with van der Waals surface area (Å²) in [5.41, 5.74) is 3.08. The SMILES string of the molecule is CC(C)(C)CC1(c2ccccc2)CCN(C2(c3ccc(B4OC(C)(C)C(C)(C)O4)cc3)CC2)C(=O)O1.CC(C)(O)CC1(c2ccccc2)CCN(C(C)(C)c2ccc(-c3ccn(C4CC4)c(=O)c3)cc2)C(=O)O1.O=c1cc(I)ccn1C1CC1. The Morgan fingerprint density at radius 2 is 1.06 bits per heavy atom. The third-order valence-corrected chi connectivity index (χ3v) is 18.8. The molecule has 3 aliphatic heterocycles. The molecule has 2 atom stereocenters. The Morgan fingerprint density at radius 3 is 1.52 bits per heavy atom. The first kappa shape index (κ1) is 61.1. The summed E-state index contributed by atoms with van der Waals surface area (Å²) in [5.74, 6) is 0. The number of amides is 2. The molecule has 1 N–H and O–H groups in total. The van der Waals surface area contributed by atoms with Crippen LogP contribution in [0.25, 0.3) is 11.1 Å². The molecule has 6 aliphatic rings. The van der Waals surface area contributed by atoms with Gasteiger partial charge in [0.1, 0.15) is 11.2 Å². The van der Waals surface area contributed by atoms with Crippen molar-refractivity contribution in [2.24, 2.45) is 5.41 Å². The topological polar surface area (TPSA) is 142 Å². The van der Waals surface area contributed by atoms with Crippen LogP contribution < -0.4 is 16.6 Å². The van der Waals surface area contributed by atoms with Crippen LogP contribution in [-0.2, 0) is 41.1 Å². The molecule has 15 heteroatoms. The first-order valence-corrected chi connectivity index (χ1v) is 31.1. The predicted octanol–water partition coefficient (Wildman–Crippen LogP) is 13.9. The predicted molar refractivity (Wildman–Crippen MR) is 339 cm³/mol. The lowest BCUT2D eigenvalue weighted by molar-refractivity contribution is -0.109. The maximum atomic E-state index is 13.6. The van der Waals surface area contributed by atoms with Crippen LogP contribution in [0.4, 0.5) is 9.59 Å². The number of hydrogen-bond donors (Lipinski definition) is 1. The summed E-state index contributed by atoms with van der Waals surface area (Å²) in [5, 5.41) is 10.6. The number of hydrogen-bond acceptors (Lipinski definition) is 9. The zero-order valence-corrected chi connectivity index (χ0v) is 53.1. The van der Waals surface area contributed by atoms with E-state index in [-0.39, 0.29) is 46.5 Å². The minimum Gasteiger partial charge on any atom is -0.438 e. The van der Waals surface area contributed by atoms with Crippen molar-refractivity contribution in [3.8, 4) is 11.1 Å². The number of pyridine rings is 2. The van der Waals surface area contributed by atoms with Gasteiger partial charge in [-0.1, -0.05) is 130 Å². The number of carbonyl (C=O) groups excluding carboxylic acids is 2. The number of nitrogens with zero attached hydrogens (tertiary/aromatic N) is 4. The van der Waals surface area contributed by atoms with Crippen molar-refractivity contribution in [2.75, 3.05) is 13.1 Å². The average molecular weight is 1250 g/mol. The highest BCUT2D eigenvalue weighted by molar-refractivity contribution is 14.1. The highest BCUT2D eigenvalue weighted by Gasteiger charge is 2.57. The number of aliphatic hydroxyl groups is 1. The van der Waals surface area contributed by atoms with Gasteiger partial charge in [-0.2, -0.15) is 0 Å². The third kappa shape index (κ3) is 13.2. The molecule has 444 valence electrons. The van der Waals surface area contributed by atoms with Gasteiger partial charge >= 0.3 is 19.3 Å². The second kappa shape index (κ2) is 23.0. The maximum Gasteiger partial charge on any atom is 0.494 e. The Morgan fingerprint density at radius 1 is 0.560 bits per heavy atom. The molecule has 2 unspecified atom stereocenters. The van der Waals surface area contributed by atoms with Gasteiger partial charge in [-0.3, -0.25) is 19.4 Å². The molecule has 2 amide bonds. The summed E-state index contributed by atoms with van der Waals surface area (Å²) in [6, 6.07) is 44.7. The average Bonchev–Trinajstić information content (AvgIpc) is 2.13. The van der Waals surface area contributed by atoms with Crippen molar-refractivity contribution in [3.63, 3.8) is 0 Å². The van der Waals surface area contributed by atoms with E-state index in [0.29, 0.717) is 38.0 Å². The molecule has 3 saturated carbocycles. The quantitative estimate of drug-likeness (QED) is 0.0883. The highest BCUT2D eigenvalue weighted by Crippen LogP contribution is 2.55. The number of carbonyl (C=O) groups is 2. The monoisotopic (exact) mass is 1250 g/mol. The lowest BCUT2D eigenvalue weighted by Gasteiger charge is -2.48. The number of rotatable bonds is 13. The van der Waals surface area contributed by atoms with Crippen LogP contribution in [0.3, 0.4) is 0 Å². The van der Waals surface area contributed by atoms with Crippen molar-refractivity contribution < 1.29 is 33.5 Å². The van der Waals surface area contributed by atoms with E-state index in [0.717, 1.165) is 80.9 Å². The zero-order valence-electron chi connectivity index (χ0n) is 51.0. The molecule has 0 radical (unpaired) electrons. The van der Waals surface area contributed by atoms with Crippen LogP contribution in [0.15, 0.2) is 155 Å². The largest absolute Gasteiger partial charge is 0.494 e. The number of halogens is 1. The first-order chi connectivity index (χ1) is 39.5. The van der Waals surface area contributed by atoms with Crippen molar-refractivity contribution in [3.05, 3.63) is 192 Å². The van der Waals surface area contributed by atoms with Gasteiger partial charge in [-0.05, 0) is 179 Å². The molecule has 84 heavy (non-hydrogen) atoms. The highest BCUT2D eigenvalue weighted by atomic mass is 127. The minimum atomic E-state index is -0.997. The van der Waals surface area contributed by atoms with Crippen molar-refractivity contribution in [1.29, 1.82) is 0 Å². The molecular weight excluding hydrogens is 1170 g/mol. The van der Waals surface area contributed by atoms with Crippen LogP contribution in [0.5, 0.6) is 0 Å². The zero-order chi connectivity index (χ0) is 60.3. The van der Waals surface area contributed by atoms with Crippen molar-refractivity contribution >= 4 is 47.4 Å². The van der Waals surface area contributed by atoms with Gasteiger partial charge in [0.25, 0.3) is 11.1 Å². The number of ether oxygens (including phenoxy) is 2. The second-order valence-corrected chi connectivity index (χ2v) is 28.8. The van der Waals surface area contributed by atoms with Gasteiger partial charge in [0, 0.05) is 72.5 Å². The minimum absolute atomic E-state index is 0.0267. The molecule has 3 aliphatic carbocycles. The van der Waals surface area contributed by atoms with E-state index in [1.165, 1.54) is 12.8 Å². The number of aromatic nitrogens is 2. The molecule has 2 aromatic heterocycles. The van der Waals surface area contributed by atoms with E-state index >= 15 is 0 Å². The summed E-state index contributed by atoms with van der Waals surface area (Å²) >= 11 is 2.15. The Balaban J connectivity index is 0.000000158. The Kier molecular flexibility index (Phi) is 16.7. The van der Waals surface area contributed by atoms with Gasteiger partial charge in [0.15, 0.2) is 0 Å². The lowest BCUT2D eigenvalue weighted by atomic mass is 9.75. The van der Waals surface area contributed by atoms with Crippen LogP contribution >= 0.6 is 22.6 Å². The number of benzene rings is 4. The molecule has 13 nitrogen and oxygen atoms in total. The summed E-state index contributed by atoms with van der Waals surface area (Å²) in [7, 11) is -0.386. The molecule has 4 aromatic carbocycles. The Bertz CT molecular complexity index is 3430. The van der Waals surface area contributed by atoms with Gasteiger partial charge in [-0.25, -0.2) is 9.59 Å². The normalized spacial score (nSPS) is 22.7. The van der Waals surface area contributed by atoms with Crippen LogP contribution in [-0.4, -0.2) is 73.2 Å². The van der Waals surface area contributed by atoms with Crippen molar-refractivity contribution in [2.45, 2.75) is 192 Å². The van der Waals surface area contributed by atoms with Crippen LogP contribution in [0, 0.1) is 8.99 Å². The van der Waals surface area contributed by atoms with E-state index in [1.54, 1.807) is 30.9 Å². The smallest absolute Gasteiger partial charge is 0.438 e. The number of cyclic esters (lactones) is 2. The van der Waals surface area contributed by atoms with Gasteiger partial charge in [0.2, 0.25) is 0 Å². The molecule has 6 aromatic rings. The molecule has 5 heterocycles. The standard InChI is InChI=1S/C31H36N2O4.C30H40BNO4.C8H8INO/c1-29(2,36)21-31(25-8-6-5-7-9-25)17-19-33(28(35)37-31)30(3,4)24-12-10-22(11-13-24)23-16-18-32(26-14-15-26)27(34)20-23;1-26(2,3)21-30(23-11-9-8-10-12-23)19-20-32(25(33)34-30)29(17-18-29)22-13-15-24(16-14-22)31-35-27(4,5)28(6,7)36-31;9-6-3-4-10(7-1-2-7)8(11)5-6/h5-13,16,18,20,26,36H,14-15,17,19,21H2,1-4H3;8-16H,17-21H2,1-7H3;3-5,7H,1-2H2. The lowest BCUT2D eigenvalue weighted by Crippen LogP contribution is -2.55. The fraction of sp³-hybridized carbons (Fsp3) is 0.478. The van der Waals surface area contributed by atoms with E-state index in [4.69, 9.17) is 18.8 Å². The van der Waals surface area contributed by atoms with E-state index < -0.39 is 28.4 Å². The Labute approximate surface area is 510 Å².